The topological polar surface area (TPSA) is 65.0 Å². The van der Waals surface area contributed by atoms with Crippen LogP contribution in [0.5, 0.6) is 0 Å². The molecule has 3 rings (SSSR count). The first-order chi connectivity index (χ1) is 10.6. The molecule has 4 atom stereocenters. The van der Waals surface area contributed by atoms with E-state index >= 15 is 0 Å². The smallest absolute Gasteiger partial charge is 0.187 e. The summed E-state index contributed by atoms with van der Waals surface area (Å²) in [4.78, 5) is 11.1. The fourth-order valence-electron chi connectivity index (χ4n) is 2.89. The highest BCUT2D eigenvalue weighted by Gasteiger charge is 2.46. The lowest BCUT2D eigenvalue weighted by Crippen LogP contribution is -2.49. The number of ketones is 1. The van der Waals surface area contributed by atoms with Gasteiger partial charge in [-0.2, -0.15) is 0 Å². The lowest BCUT2D eigenvalue weighted by Gasteiger charge is -2.35. The molecule has 2 heterocycles. The molecule has 2 aliphatic rings. The van der Waals surface area contributed by atoms with Gasteiger partial charge in [0.05, 0.1) is 13.2 Å². The number of fused-ring (bicyclic) bond motifs is 1. The largest absolute Gasteiger partial charge is 0.491 e. The molecular weight excluding hydrogens is 284 g/mol. The molecule has 5 nitrogen and oxygen atoms in total. The van der Waals surface area contributed by atoms with Crippen molar-refractivity contribution in [3.63, 3.8) is 0 Å². The average molecular weight is 304 g/mol. The van der Waals surface area contributed by atoms with E-state index in [2.05, 4.69) is 0 Å². The zero-order chi connectivity index (χ0) is 15.5. The lowest BCUT2D eigenvalue weighted by molar-refractivity contribution is -0.255. The number of aliphatic hydroxyl groups excluding tert-OH is 1. The minimum Gasteiger partial charge on any atom is -0.491 e. The molecule has 118 valence electrons. The number of carbonyl (C=O) groups excluding carboxylic acids is 1. The van der Waals surface area contributed by atoms with Gasteiger partial charge in [-0.3, -0.25) is 4.79 Å². The molecule has 0 unspecified atom stereocenters. The quantitative estimate of drug-likeness (QED) is 0.859. The van der Waals surface area contributed by atoms with E-state index in [1.54, 1.807) is 0 Å². The summed E-state index contributed by atoms with van der Waals surface area (Å²) in [6.45, 7) is 2.31. The van der Waals surface area contributed by atoms with Gasteiger partial charge in [-0.15, -0.1) is 0 Å². The Morgan fingerprint density at radius 3 is 2.91 bits per heavy atom. The molecule has 2 aliphatic heterocycles. The summed E-state index contributed by atoms with van der Waals surface area (Å²) in [5, 5.41) is 10.4. The number of carbonyl (C=O) groups is 1. The van der Waals surface area contributed by atoms with Gasteiger partial charge in [0.15, 0.2) is 12.1 Å². The van der Waals surface area contributed by atoms with Gasteiger partial charge in [0.25, 0.3) is 0 Å². The molecule has 2 fully saturated rings. The molecular formula is C17H20O5. The zero-order valence-corrected chi connectivity index (χ0v) is 12.5. The van der Waals surface area contributed by atoms with E-state index < -0.39 is 12.4 Å². The van der Waals surface area contributed by atoms with Crippen molar-refractivity contribution in [2.24, 2.45) is 5.92 Å². The van der Waals surface area contributed by atoms with Gasteiger partial charge in [0, 0.05) is 18.4 Å². The number of benzene rings is 1. The Labute approximate surface area is 129 Å². The van der Waals surface area contributed by atoms with E-state index in [1.165, 1.54) is 13.0 Å². The minimum atomic E-state index is -0.861. The van der Waals surface area contributed by atoms with Crippen LogP contribution < -0.4 is 0 Å². The third kappa shape index (κ3) is 3.38. The number of rotatable bonds is 4. The first kappa shape index (κ1) is 15.2. The molecule has 0 saturated carbocycles. The summed E-state index contributed by atoms with van der Waals surface area (Å²) in [6.07, 6.45) is 0.149. The maximum Gasteiger partial charge on any atom is 0.187 e. The standard InChI is InChI=1S/C17H20O5/c1-11(18)7-14-8-13-10-21-17(15(19)16(13)22-14)20-9-12-5-3-2-4-6-12/h2-7,13,15-17,19H,8-10H2,1H3/b14-7+/t13-,15+,16-,17+/m1/s1. The van der Waals surface area contributed by atoms with E-state index in [-0.39, 0.29) is 17.8 Å². The van der Waals surface area contributed by atoms with Crippen LogP contribution in [0.15, 0.2) is 42.2 Å². The first-order valence-electron chi connectivity index (χ1n) is 7.46. The SMILES string of the molecule is CC(=O)/C=C1\C[C@@H]2CO[C@H](OCc3ccccc3)[C@@H](O)[C@@H]2O1. The van der Waals surface area contributed by atoms with E-state index in [1.807, 2.05) is 30.3 Å². The number of ether oxygens (including phenoxy) is 3. The molecule has 1 aromatic rings. The van der Waals surface area contributed by atoms with Gasteiger partial charge in [-0.05, 0) is 12.5 Å². The van der Waals surface area contributed by atoms with Crippen LogP contribution in [0.25, 0.3) is 0 Å². The van der Waals surface area contributed by atoms with Crippen LogP contribution in [0.3, 0.4) is 0 Å². The lowest BCUT2D eigenvalue weighted by atomic mass is 9.94. The van der Waals surface area contributed by atoms with E-state index in [0.717, 1.165) is 5.56 Å². The van der Waals surface area contributed by atoms with Crippen LogP contribution in [-0.4, -0.2) is 36.0 Å². The third-order valence-corrected chi connectivity index (χ3v) is 3.93. The molecule has 1 N–H and O–H groups in total. The highest BCUT2D eigenvalue weighted by molar-refractivity contribution is 5.87. The Kier molecular flexibility index (Phi) is 4.57. The Balaban J connectivity index is 1.59. The molecule has 0 radical (unpaired) electrons. The second-order valence-electron chi connectivity index (χ2n) is 5.76. The molecule has 22 heavy (non-hydrogen) atoms. The number of allylic oxidation sites excluding steroid dienone is 2. The Bertz CT molecular complexity index is 553. The van der Waals surface area contributed by atoms with Crippen molar-refractivity contribution >= 4 is 5.78 Å². The molecule has 0 bridgehead atoms. The Hall–Kier alpha value is -1.69. The first-order valence-corrected chi connectivity index (χ1v) is 7.46. The summed E-state index contributed by atoms with van der Waals surface area (Å²) in [5.74, 6) is 0.631. The van der Waals surface area contributed by atoms with Crippen LogP contribution in [0.4, 0.5) is 0 Å². The fraction of sp³-hybridized carbons (Fsp3) is 0.471. The van der Waals surface area contributed by atoms with E-state index in [9.17, 15) is 9.90 Å². The maximum absolute atomic E-state index is 11.1. The van der Waals surface area contributed by atoms with Crippen molar-refractivity contribution in [1.29, 1.82) is 0 Å². The Morgan fingerprint density at radius 2 is 2.18 bits per heavy atom. The highest BCUT2D eigenvalue weighted by atomic mass is 16.7. The van der Waals surface area contributed by atoms with Gasteiger partial charge < -0.3 is 19.3 Å². The molecule has 0 amide bonds. The minimum absolute atomic E-state index is 0.0547. The van der Waals surface area contributed by atoms with Gasteiger partial charge in [-0.25, -0.2) is 0 Å². The second kappa shape index (κ2) is 6.60. The molecule has 0 aromatic heterocycles. The van der Waals surface area contributed by atoms with Crippen LogP contribution in [-0.2, 0) is 25.6 Å². The molecule has 5 heteroatoms. The van der Waals surface area contributed by atoms with E-state index in [0.29, 0.717) is 25.4 Å². The third-order valence-electron chi connectivity index (χ3n) is 3.93. The summed E-state index contributed by atoms with van der Waals surface area (Å²) in [7, 11) is 0. The van der Waals surface area contributed by atoms with Crippen LogP contribution in [0, 0.1) is 5.92 Å². The van der Waals surface area contributed by atoms with Gasteiger partial charge in [0.1, 0.15) is 18.0 Å². The van der Waals surface area contributed by atoms with Crippen molar-refractivity contribution < 1.29 is 24.1 Å². The van der Waals surface area contributed by atoms with Crippen molar-refractivity contribution in [2.75, 3.05) is 6.61 Å². The summed E-state index contributed by atoms with van der Waals surface area (Å²) in [5.41, 5.74) is 1.02. The number of aliphatic hydroxyl groups is 1. The molecule has 1 aromatic carbocycles. The van der Waals surface area contributed by atoms with E-state index in [4.69, 9.17) is 14.2 Å². The zero-order valence-electron chi connectivity index (χ0n) is 12.5. The summed E-state index contributed by atoms with van der Waals surface area (Å²) in [6, 6.07) is 9.72. The van der Waals surface area contributed by atoms with Gasteiger partial charge >= 0.3 is 0 Å². The highest BCUT2D eigenvalue weighted by Crippen LogP contribution is 2.36. The van der Waals surface area contributed by atoms with Crippen LogP contribution >= 0.6 is 0 Å². The van der Waals surface area contributed by atoms with Crippen molar-refractivity contribution in [1.82, 2.24) is 0 Å². The van der Waals surface area contributed by atoms with Gasteiger partial charge in [-0.1, -0.05) is 30.3 Å². The maximum atomic E-state index is 11.1. The van der Waals surface area contributed by atoms with Crippen molar-refractivity contribution in [3.8, 4) is 0 Å². The summed E-state index contributed by atoms with van der Waals surface area (Å²) < 4.78 is 17.0. The average Bonchev–Trinajstić information content (AvgIpc) is 2.90. The van der Waals surface area contributed by atoms with Crippen molar-refractivity contribution in [3.05, 3.63) is 47.7 Å². The Morgan fingerprint density at radius 1 is 1.41 bits per heavy atom. The predicted octanol–water partition coefficient (Wildman–Crippen LogP) is 1.80. The summed E-state index contributed by atoms with van der Waals surface area (Å²) >= 11 is 0. The fourth-order valence-corrected chi connectivity index (χ4v) is 2.89. The molecule has 2 saturated heterocycles. The second-order valence-corrected chi connectivity index (χ2v) is 5.76. The predicted molar refractivity (Wildman–Crippen MR) is 78.7 cm³/mol. The number of hydrogen-bond acceptors (Lipinski definition) is 5. The van der Waals surface area contributed by atoms with Crippen molar-refractivity contribution in [2.45, 2.75) is 38.4 Å². The van der Waals surface area contributed by atoms with Gasteiger partial charge in [0.2, 0.25) is 0 Å². The normalized spacial score (nSPS) is 32.5. The number of hydrogen-bond donors (Lipinski definition) is 1. The van der Waals surface area contributed by atoms with Crippen LogP contribution in [0.2, 0.25) is 0 Å². The molecule has 0 aliphatic carbocycles. The van der Waals surface area contributed by atoms with Crippen LogP contribution in [0.1, 0.15) is 18.9 Å². The monoisotopic (exact) mass is 304 g/mol. The molecule has 0 spiro atoms.